The Kier molecular flexibility index (Phi) is 5.27. The maximum absolute atomic E-state index is 9.60. The molecule has 1 unspecified atom stereocenters. The van der Waals surface area contributed by atoms with Crippen molar-refractivity contribution < 1.29 is 9.84 Å². The molecule has 17 heavy (non-hydrogen) atoms. The van der Waals surface area contributed by atoms with Gasteiger partial charge in [-0.1, -0.05) is 12.2 Å². The molecule has 0 aliphatic carbocycles. The lowest BCUT2D eigenvalue weighted by Crippen LogP contribution is -2.32. The molecule has 94 valence electrons. The molecule has 1 aromatic rings. The SMILES string of the molecule is COCC(O)CN(C)c1ccc(C(N)=S)nc1. The third-order valence-corrected chi connectivity index (χ3v) is 2.49. The lowest BCUT2D eigenvalue weighted by molar-refractivity contribution is 0.0695. The number of nitrogens with two attached hydrogens (primary N) is 1. The lowest BCUT2D eigenvalue weighted by Gasteiger charge is -2.22. The van der Waals surface area contributed by atoms with Crippen LogP contribution in [0, 0.1) is 0 Å². The normalized spacial score (nSPS) is 12.2. The molecule has 3 N–H and O–H groups in total. The molecule has 0 aromatic carbocycles. The molecular formula is C11H17N3O2S. The van der Waals surface area contributed by atoms with E-state index in [2.05, 4.69) is 4.98 Å². The second kappa shape index (κ2) is 6.48. The number of aliphatic hydroxyl groups is 1. The molecule has 0 fully saturated rings. The molecule has 0 saturated heterocycles. The number of anilines is 1. The van der Waals surface area contributed by atoms with E-state index in [4.69, 9.17) is 22.7 Å². The van der Waals surface area contributed by atoms with E-state index in [0.717, 1.165) is 5.69 Å². The highest BCUT2D eigenvalue weighted by Gasteiger charge is 2.09. The summed E-state index contributed by atoms with van der Waals surface area (Å²) in [5, 5.41) is 9.60. The molecule has 0 radical (unpaired) electrons. The highest BCUT2D eigenvalue weighted by molar-refractivity contribution is 7.80. The number of hydrogen-bond acceptors (Lipinski definition) is 5. The molecule has 6 heteroatoms. The van der Waals surface area contributed by atoms with Gasteiger partial charge in [0, 0.05) is 20.7 Å². The second-order valence-corrected chi connectivity index (χ2v) is 4.20. The summed E-state index contributed by atoms with van der Waals surface area (Å²) in [6.07, 6.45) is 1.15. The van der Waals surface area contributed by atoms with E-state index >= 15 is 0 Å². The van der Waals surface area contributed by atoms with Crippen molar-refractivity contribution in [2.45, 2.75) is 6.10 Å². The van der Waals surface area contributed by atoms with Gasteiger partial charge in [0.2, 0.25) is 0 Å². The largest absolute Gasteiger partial charge is 0.389 e. The molecule has 1 atom stereocenters. The predicted octanol–water partition coefficient (Wildman–Crippen LogP) is 0.159. The van der Waals surface area contributed by atoms with Crippen molar-refractivity contribution in [3.63, 3.8) is 0 Å². The molecule has 0 spiro atoms. The van der Waals surface area contributed by atoms with Gasteiger partial charge in [0.15, 0.2) is 0 Å². The fourth-order valence-corrected chi connectivity index (χ4v) is 1.54. The van der Waals surface area contributed by atoms with E-state index in [1.807, 2.05) is 18.0 Å². The van der Waals surface area contributed by atoms with Crippen LogP contribution in [0.25, 0.3) is 0 Å². The van der Waals surface area contributed by atoms with Gasteiger partial charge in [0.05, 0.1) is 30.3 Å². The smallest absolute Gasteiger partial charge is 0.122 e. The Bertz CT molecular complexity index is 369. The minimum absolute atomic E-state index is 0.277. The van der Waals surface area contributed by atoms with Crippen LogP contribution < -0.4 is 10.6 Å². The number of rotatable bonds is 6. The first kappa shape index (κ1) is 13.8. The molecule has 1 rings (SSSR count). The van der Waals surface area contributed by atoms with Gasteiger partial charge in [0.25, 0.3) is 0 Å². The average Bonchev–Trinajstić information content (AvgIpc) is 2.29. The van der Waals surface area contributed by atoms with Crippen LogP contribution in [0.2, 0.25) is 0 Å². The van der Waals surface area contributed by atoms with Gasteiger partial charge in [-0.15, -0.1) is 0 Å². The van der Waals surface area contributed by atoms with Crippen LogP contribution in [-0.4, -0.2) is 48.5 Å². The fourth-order valence-electron chi connectivity index (χ4n) is 1.42. The Morgan fingerprint density at radius 1 is 1.65 bits per heavy atom. The Balaban J connectivity index is 2.63. The first-order valence-electron chi connectivity index (χ1n) is 5.18. The van der Waals surface area contributed by atoms with E-state index in [9.17, 15) is 5.11 Å². The molecule has 0 amide bonds. The van der Waals surface area contributed by atoms with Crippen molar-refractivity contribution in [3.8, 4) is 0 Å². The standard InChI is InChI=1S/C11H17N3O2S/c1-14(6-9(15)7-16-2)8-3-4-10(11(12)17)13-5-8/h3-5,9,15H,6-7H2,1-2H3,(H2,12,17). The summed E-state index contributed by atoms with van der Waals surface area (Å²) in [6, 6.07) is 3.62. The maximum Gasteiger partial charge on any atom is 0.122 e. The van der Waals surface area contributed by atoms with Crippen LogP contribution in [0.1, 0.15) is 5.69 Å². The number of likely N-dealkylation sites (N-methyl/N-ethyl adjacent to an activating group) is 1. The van der Waals surface area contributed by atoms with Gasteiger partial charge in [0.1, 0.15) is 4.99 Å². The predicted molar refractivity (Wildman–Crippen MR) is 71.3 cm³/mol. The van der Waals surface area contributed by atoms with E-state index in [1.165, 1.54) is 0 Å². The molecule has 0 saturated carbocycles. The molecule has 0 bridgehead atoms. The Morgan fingerprint density at radius 2 is 2.35 bits per heavy atom. The van der Waals surface area contributed by atoms with Crippen molar-refractivity contribution in [1.29, 1.82) is 0 Å². The molecule has 0 aliphatic heterocycles. The minimum atomic E-state index is -0.528. The molecule has 1 aromatic heterocycles. The minimum Gasteiger partial charge on any atom is -0.389 e. The molecular weight excluding hydrogens is 238 g/mol. The van der Waals surface area contributed by atoms with Crippen molar-refractivity contribution in [3.05, 3.63) is 24.0 Å². The van der Waals surface area contributed by atoms with Crippen molar-refractivity contribution in [2.24, 2.45) is 5.73 Å². The highest BCUT2D eigenvalue weighted by atomic mass is 32.1. The molecule has 0 aliphatic rings. The van der Waals surface area contributed by atoms with Crippen LogP contribution >= 0.6 is 12.2 Å². The number of pyridine rings is 1. The Hall–Kier alpha value is -1.24. The number of nitrogens with zero attached hydrogens (tertiary/aromatic N) is 2. The van der Waals surface area contributed by atoms with Crippen LogP contribution in [-0.2, 0) is 4.74 Å². The molecule has 1 heterocycles. The summed E-state index contributed by atoms with van der Waals surface area (Å²) in [6.45, 7) is 0.782. The van der Waals surface area contributed by atoms with E-state index in [0.29, 0.717) is 18.8 Å². The zero-order chi connectivity index (χ0) is 12.8. The topological polar surface area (TPSA) is 71.6 Å². The van der Waals surface area contributed by atoms with Gasteiger partial charge >= 0.3 is 0 Å². The summed E-state index contributed by atoms with van der Waals surface area (Å²) in [7, 11) is 3.43. The molecule has 5 nitrogen and oxygen atoms in total. The van der Waals surface area contributed by atoms with Crippen molar-refractivity contribution >= 4 is 22.9 Å². The lowest BCUT2D eigenvalue weighted by atomic mass is 10.3. The van der Waals surface area contributed by atoms with Crippen LogP contribution in [0.15, 0.2) is 18.3 Å². The first-order valence-corrected chi connectivity index (χ1v) is 5.59. The average molecular weight is 255 g/mol. The van der Waals surface area contributed by atoms with Gasteiger partial charge in [-0.05, 0) is 12.1 Å². The summed E-state index contributed by atoms with van der Waals surface area (Å²) in [4.78, 5) is 6.30. The van der Waals surface area contributed by atoms with Crippen molar-refractivity contribution in [1.82, 2.24) is 4.98 Å². The van der Waals surface area contributed by atoms with Crippen LogP contribution in [0.4, 0.5) is 5.69 Å². The van der Waals surface area contributed by atoms with Crippen molar-refractivity contribution in [2.75, 3.05) is 32.2 Å². The summed E-state index contributed by atoms with van der Waals surface area (Å²) in [5.74, 6) is 0. The van der Waals surface area contributed by atoms with Gasteiger partial charge < -0.3 is 20.5 Å². The second-order valence-electron chi connectivity index (χ2n) is 3.76. The zero-order valence-corrected chi connectivity index (χ0v) is 10.8. The van der Waals surface area contributed by atoms with E-state index in [-0.39, 0.29) is 4.99 Å². The third-order valence-electron chi connectivity index (χ3n) is 2.28. The van der Waals surface area contributed by atoms with Crippen LogP contribution in [0.5, 0.6) is 0 Å². The quantitative estimate of drug-likeness (QED) is 0.706. The summed E-state index contributed by atoms with van der Waals surface area (Å²) < 4.78 is 4.87. The van der Waals surface area contributed by atoms with E-state index < -0.39 is 6.10 Å². The van der Waals surface area contributed by atoms with Gasteiger partial charge in [-0.3, -0.25) is 4.98 Å². The maximum atomic E-state index is 9.60. The first-order chi connectivity index (χ1) is 8.04. The summed E-state index contributed by atoms with van der Waals surface area (Å²) in [5.41, 5.74) is 6.94. The van der Waals surface area contributed by atoms with Crippen LogP contribution in [0.3, 0.4) is 0 Å². The third kappa shape index (κ3) is 4.26. The fraction of sp³-hybridized carbons (Fsp3) is 0.455. The number of ether oxygens (including phenoxy) is 1. The number of aromatic nitrogens is 1. The highest BCUT2D eigenvalue weighted by Crippen LogP contribution is 2.11. The number of methoxy groups -OCH3 is 1. The zero-order valence-electron chi connectivity index (χ0n) is 9.96. The monoisotopic (exact) mass is 255 g/mol. The van der Waals surface area contributed by atoms with Gasteiger partial charge in [-0.25, -0.2) is 0 Å². The van der Waals surface area contributed by atoms with Gasteiger partial charge in [-0.2, -0.15) is 0 Å². The van der Waals surface area contributed by atoms with E-state index in [1.54, 1.807) is 19.4 Å². The Labute approximate surface area is 106 Å². The Morgan fingerprint density at radius 3 is 2.82 bits per heavy atom. The number of aliphatic hydroxyl groups excluding tert-OH is 1. The number of hydrogen-bond donors (Lipinski definition) is 2. The summed E-state index contributed by atoms with van der Waals surface area (Å²) >= 11 is 4.82. The number of thiocarbonyl (C=S) groups is 1.